The van der Waals surface area contributed by atoms with Crippen molar-refractivity contribution in [3.05, 3.63) is 47.3 Å². The lowest BCUT2D eigenvalue weighted by Gasteiger charge is -2.10. The summed E-state index contributed by atoms with van der Waals surface area (Å²) in [7, 11) is 1.63. The number of ether oxygens (including phenoxy) is 2. The molecule has 22 heavy (non-hydrogen) atoms. The third-order valence-corrected chi connectivity index (χ3v) is 3.07. The summed E-state index contributed by atoms with van der Waals surface area (Å²) in [6, 6.07) is 10.2. The Morgan fingerprint density at radius 1 is 1.14 bits per heavy atom. The van der Waals surface area contributed by atoms with Crippen LogP contribution in [0.15, 0.2) is 30.3 Å². The molecule has 118 valence electrons. The summed E-state index contributed by atoms with van der Waals surface area (Å²) < 4.78 is 10.7. The zero-order valence-electron chi connectivity index (χ0n) is 13.4. The Hall–Kier alpha value is -2.14. The fourth-order valence-electron chi connectivity index (χ4n) is 1.94. The Morgan fingerprint density at radius 2 is 1.91 bits per heavy atom. The van der Waals surface area contributed by atoms with Crippen molar-refractivity contribution in [2.24, 2.45) is 0 Å². The molecule has 2 aromatic rings. The monoisotopic (exact) mass is 301 g/mol. The molecule has 1 N–H and O–H groups in total. The number of aromatic nitrogens is 2. The largest absolute Gasteiger partial charge is 0.478 e. The second kappa shape index (κ2) is 8.34. The predicted octanol–water partition coefficient (Wildman–Crippen LogP) is 3.33. The Bertz CT molecular complexity index is 585. The van der Waals surface area contributed by atoms with Gasteiger partial charge in [0.25, 0.3) is 0 Å². The quantitative estimate of drug-likeness (QED) is 0.810. The average Bonchev–Trinajstić information content (AvgIpc) is 2.53. The number of anilines is 1. The van der Waals surface area contributed by atoms with E-state index in [1.165, 1.54) is 11.1 Å². The van der Waals surface area contributed by atoms with Gasteiger partial charge in [0.05, 0.1) is 6.61 Å². The van der Waals surface area contributed by atoms with Crippen molar-refractivity contribution < 1.29 is 9.47 Å². The molecule has 1 aromatic carbocycles. The third-order valence-electron chi connectivity index (χ3n) is 3.07. The first-order chi connectivity index (χ1) is 10.7. The molecule has 0 aliphatic rings. The van der Waals surface area contributed by atoms with Crippen LogP contribution in [0.2, 0.25) is 0 Å². The van der Waals surface area contributed by atoms with Crippen molar-refractivity contribution in [1.29, 1.82) is 0 Å². The SMILES string of the molecule is CCCOc1cc(NCc2ccc(C)cc2)nc(COC)n1. The summed E-state index contributed by atoms with van der Waals surface area (Å²) in [5.74, 6) is 1.94. The lowest BCUT2D eigenvalue weighted by Crippen LogP contribution is -2.07. The summed E-state index contributed by atoms with van der Waals surface area (Å²) in [5, 5.41) is 3.31. The van der Waals surface area contributed by atoms with Crippen LogP contribution in [0.4, 0.5) is 5.82 Å². The normalized spacial score (nSPS) is 10.5. The number of benzene rings is 1. The average molecular weight is 301 g/mol. The zero-order chi connectivity index (χ0) is 15.8. The number of rotatable bonds is 8. The highest BCUT2D eigenvalue weighted by Gasteiger charge is 2.06. The molecule has 0 aliphatic heterocycles. The Kier molecular flexibility index (Phi) is 6.15. The highest BCUT2D eigenvalue weighted by Crippen LogP contribution is 2.15. The van der Waals surface area contributed by atoms with Gasteiger partial charge >= 0.3 is 0 Å². The fourth-order valence-corrected chi connectivity index (χ4v) is 1.94. The molecule has 0 unspecified atom stereocenters. The van der Waals surface area contributed by atoms with Gasteiger partial charge in [0, 0.05) is 19.7 Å². The van der Waals surface area contributed by atoms with Crippen LogP contribution in [0.3, 0.4) is 0 Å². The van der Waals surface area contributed by atoms with Crippen molar-refractivity contribution >= 4 is 5.82 Å². The summed E-state index contributed by atoms with van der Waals surface area (Å²) >= 11 is 0. The minimum Gasteiger partial charge on any atom is -0.478 e. The zero-order valence-corrected chi connectivity index (χ0v) is 13.4. The molecular formula is C17H23N3O2. The van der Waals surface area contributed by atoms with E-state index in [0.29, 0.717) is 31.5 Å². The number of hydrogen-bond donors (Lipinski definition) is 1. The van der Waals surface area contributed by atoms with E-state index in [1.807, 2.05) is 6.07 Å². The van der Waals surface area contributed by atoms with Crippen LogP contribution in [0.5, 0.6) is 5.88 Å². The van der Waals surface area contributed by atoms with E-state index in [4.69, 9.17) is 9.47 Å². The first kappa shape index (κ1) is 16.2. The first-order valence-corrected chi connectivity index (χ1v) is 7.50. The van der Waals surface area contributed by atoms with Gasteiger partial charge in [0.15, 0.2) is 5.82 Å². The van der Waals surface area contributed by atoms with Gasteiger partial charge in [-0.05, 0) is 18.9 Å². The van der Waals surface area contributed by atoms with Gasteiger partial charge in [0.1, 0.15) is 12.4 Å². The number of nitrogens with one attached hydrogen (secondary N) is 1. The lowest BCUT2D eigenvalue weighted by atomic mass is 10.1. The van der Waals surface area contributed by atoms with Gasteiger partial charge in [0.2, 0.25) is 5.88 Å². The minimum atomic E-state index is 0.364. The Morgan fingerprint density at radius 3 is 2.59 bits per heavy atom. The maximum Gasteiger partial charge on any atom is 0.218 e. The van der Waals surface area contributed by atoms with E-state index in [9.17, 15) is 0 Å². The maximum atomic E-state index is 5.60. The van der Waals surface area contributed by atoms with E-state index < -0.39 is 0 Å². The highest BCUT2D eigenvalue weighted by atomic mass is 16.5. The molecule has 0 saturated heterocycles. The molecular weight excluding hydrogens is 278 g/mol. The van der Waals surface area contributed by atoms with Gasteiger partial charge in [-0.1, -0.05) is 36.8 Å². The molecule has 5 heteroatoms. The summed E-state index contributed by atoms with van der Waals surface area (Å²) in [6.45, 7) is 5.85. The summed E-state index contributed by atoms with van der Waals surface area (Å²) in [5.41, 5.74) is 2.46. The maximum absolute atomic E-state index is 5.60. The lowest BCUT2D eigenvalue weighted by molar-refractivity contribution is 0.176. The van der Waals surface area contributed by atoms with Crippen LogP contribution >= 0.6 is 0 Å². The second-order valence-electron chi connectivity index (χ2n) is 5.13. The van der Waals surface area contributed by atoms with Crippen molar-refractivity contribution in [3.63, 3.8) is 0 Å². The van der Waals surface area contributed by atoms with Gasteiger partial charge < -0.3 is 14.8 Å². The molecule has 0 atom stereocenters. The van der Waals surface area contributed by atoms with Crippen LogP contribution in [0.1, 0.15) is 30.3 Å². The number of aryl methyl sites for hydroxylation is 1. The molecule has 1 aromatic heterocycles. The second-order valence-corrected chi connectivity index (χ2v) is 5.13. The fraction of sp³-hybridized carbons (Fsp3) is 0.412. The molecule has 0 spiro atoms. The predicted molar refractivity (Wildman–Crippen MR) is 87.0 cm³/mol. The summed E-state index contributed by atoms with van der Waals surface area (Å²) in [6.07, 6.45) is 0.940. The van der Waals surface area contributed by atoms with Gasteiger partial charge in [-0.3, -0.25) is 0 Å². The van der Waals surface area contributed by atoms with Gasteiger partial charge in [-0.2, -0.15) is 4.98 Å². The van der Waals surface area contributed by atoms with Crippen LogP contribution in [0.25, 0.3) is 0 Å². The van der Waals surface area contributed by atoms with E-state index in [1.54, 1.807) is 7.11 Å². The highest BCUT2D eigenvalue weighted by molar-refractivity contribution is 5.39. The van der Waals surface area contributed by atoms with Crippen LogP contribution < -0.4 is 10.1 Å². The number of methoxy groups -OCH3 is 1. The smallest absolute Gasteiger partial charge is 0.218 e. The van der Waals surface area contributed by atoms with E-state index in [0.717, 1.165) is 12.2 Å². The van der Waals surface area contributed by atoms with Gasteiger partial charge in [-0.25, -0.2) is 4.98 Å². The molecule has 0 fully saturated rings. The molecule has 0 radical (unpaired) electrons. The molecule has 1 heterocycles. The minimum absolute atomic E-state index is 0.364. The van der Waals surface area contributed by atoms with Crippen LogP contribution in [-0.2, 0) is 17.9 Å². The van der Waals surface area contributed by atoms with Crippen molar-refractivity contribution in [2.45, 2.75) is 33.4 Å². The van der Waals surface area contributed by atoms with E-state index in [-0.39, 0.29) is 0 Å². The van der Waals surface area contributed by atoms with E-state index >= 15 is 0 Å². The Labute approximate surface area is 131 Å². The third kappa shape index (κ3) is 5.00. The van der Waals surface area contributed by atoms with Crippen LogP contribution in [-0.4, -0.2) is 23.7 Å². The molecule has 0 bridgehead atoms. The van der Waals surface area contributed by atoms with Crippen LogP contribution in [0, 0.1) is 6.92 Å². The molecule has 0 aliphatic carbocycles. The number of nitrogens with zero attached hydrogens (tertiary/aromatic N) is 2. The van der Waals surface area contributed by atoms with Crippen molar-refractivity contribution in [3.8, 4) is 5.88 Å². The molecule has 2 rings (SSSR count). The van der Waals surface area contributed by atoms with Crippen molar-refractivity contribution in [1.82, 2.24) is 9.97 Å². The van der Waals surface area contributed by atoms with Gasteiger partial charge in [-0.15, -0.1) is 0 Å². The topological polar surface area (TPSA) is 56.3 Å². The van der Waals surface area contributed by atoms with Crippen molar-refractivity contribution in [2.75, 3.05) is 19.0 Å². The van der Waals surface area contributed by atoms with E-state index in [2.05, 4.69) is 53.4 Å². The Balaban J connectivity index is 2.07. The molecule has 5 nitrogen and oxygen atoms in total. The molecule has 0 saturated carbocycles. The standard InChI is InChI=1S/C17H23N3O2/c1-4-9-22-17-10-15(19-16(20-17)12-21-3)18-11-14-7-5-13(2)6-8-14/h5-8,10H,4,9,11-12H2,1-3H3,(H,18,19,20). The molecule has 0 amide bonds. The first-order valence-electron chi connectivity index (χ1n) is 7.50. The number of hydrogen-bond acceptors (Lipinski definition) is 5. The summed E-state index contributed by atoms with van der Waals surface area (Å²) in [4.78, 5) is 8.77.